The number of benzene rings is 1. The van der Waals surface area contributed by atoms with Gasteiger partial charge in [-0.2, -0.15) is 0 Å². The monoisotopic (exact) mass is 438 g/mol. The molecule has 0 bridgehead atoms. The lowest BCUT2D eigenvalue weighted by atomic mass is 10.1. The third-order valence-corrected chi connectivity index (χ3v) is 6.16. The first-order chi connectivity index (χ1) is 15.5. The van der Waals surface area contributed by atoms with Gasteiger partial charge in [-0.3, -0.25) is 9.59 Å². The molecule has 2 aliphatic rings. The van der Waals surface area contributed by atoms with Gasteiger partial charge in [0.1, 0.15) is 0 Å². The normalized spacial score (nSPS) is 18.2. The second kappa shape index (κ2) is 9.54. The molecule has 32 heavy (non-hydrogen) atoms. The third kappa shape index (κ3) is 4.54. The summed E-state index contributed by atoms with van der Waals surface area (Å²) in [6, 6.07) is 5.40. The SMILES string of the molecule is COc1cc(C)ccc1OCC(=O)N1CCCC1c1ncc(C(=O)N2CCCC2)c(C)n1. The molecule has 2 saturated heterocycles. The summed E-state index contributed by atoms with van der Waals surface area (Å²) in [4.78, 5) is 38.4. The van der Waals surface area contributed by atoms with Crippen LogP contribution in [0, 0.1) is 13.8 Å². The number of nitrogens with zero attached hydrogens (tertiary/aromatic N) is 4. The quantitative estimate of drug-likeness (QED) is 0.689. The van der Waals surface area contributed by atoms with E-state index in [1.54, 1.807) is 18.2 Å². The Morgan fingerprint density at radius 3 is 2.59 bits per heavy atom. The summed E-state index contributed by atoms with van der Waals surface area (Å²) in [7, 11) is 1.58. The molecule has 0 N–H and O–H groups in total. The Labute approximate surface area is 188 Å². The maximum Gasteiger partial charge on any atom is 0.261 e. The van der Waals surface area contributed by atoms with Gasteiger partial charge in [-0.05, 0) is 57.2 Å². The number of hydrogen-bond acceptors (Lipinski definition) is 6. The lowest BCUT2D eigenvalue weighted by molar-refractivity contribution is -0.134. The van der Waals surface area contributed by atoms with Gasteiger partial charge in [0.25, 0.3) is 11.8 Å². The molecule has 1 aromatic carbocycles. The Kier molecular flexibility index (Phi) is 6.58. The molecule has 170 valence electrons. The standard InChI is InChI=1S/C24H30N4O4/c1-16-8-9-20(21(13-16)31-3)32-15-22(29)28-12-6-7-19(28)23-25-14-18(17(2)26-23)24(30)27-10-4-5-11-27/h8-9,13-14,19H,4-7,10-12,15H2,1-3H3. The largest absolute Gasteiger partial charge is 0.493 e. The minimum Gasteiger partial charge on any atom is -0.493 e. The topological polar surface area (TPSA) is 84.9 Å². The average molecular weight is 439 g/mol. The van der Waals surface area contributed by atoms with Crippen LogP contribution in [0.15, 0.2) is 24.4 Å². The maximum absolute atomic E-state index is 12.9. The predicted molar refractivity (Wildman–Crippen MR) is 119 cm³/mol. The Balaban J connectivity index is 1.44. The highest BCUT2D eigenvalue weighted by atomic mass is 16.5. The molecule has 8 nitrogen and oxygen atoms in total. The maximum atomic E-state index is 12.9. The van der Waals surface area contributed by atoms with Gasteiger partial charge in [0.05, 0.1) is 24.4 Å². The molecule has 8 heteroatoms. The van der Waals surface area contributed by atoms with E-state index in [1.807, 2.05) is 36.9 Å². The van der Waals surface area contributed by atoms with Crippen LogP contribution in [0.5, 0.6) is 11.5 Å². The minimum atomic E-state index is -0.208. The fourth-order valence-corrected chi connectivity index (χ4v) is 4.40. The number of carbonyl (C=O) groups is 2. The highest BCUT2D eigenvalue weighted by Crippen LogP contribution is 2.32. The van der Waals surface area contributed by atoms with Crippen molar-refractivity contribution in [2.75, 3.05) is 33.4 Å². The zero-order chi connectivity index (χ0) is 22.7. The van der Waals surface area contributed by atoms with E-state index in [1.165, 1.54) is 0 Å². The van der Waals surface area contributed by atoms with E-state index in [2.05, 4.69) is 9.97 Å². The van der Waals surface area contributed by atoms with Gasteiger partial charge in [0.15, 0.2) is 23.9 Å². The van der Waals surface area contributed by atoms with Crippen molar-refractivity contribution >= 4 is 11.8 Å². The molecule has 0 aliphatic carbocycles. The molecule has 3 heterocycles. The summed E-state index contributed by atoms with van der Waals surface area (Å²) in [6.07, 6.45) is 5.37. The van der Waals surface area contributed by atoms with Crippen LogP contribution in [-0.4, -0.2) is 64.9 Å². The van der Waals surface area contributed by atoms with Crippen molar-refractivity contribution in [2.45, 2.75) is 45.6 Å². The van der Waals surface area contributed by atoms with Gasteiger partial charge in [0.2, 0.25) is 0 Å². The lowest BCUT2D eigenvalue weighted by Crippen LogP contribution is -2.35. The Bertz CT molecular complexity index is 1000. The molecular formula is C24H30N4O4. The molecule has 0 radical (unpaired) electrons. The van der Waals surface area contributed by atoms with E-state index in [0.717, 1.165) is 44.3 Å². The summed E-state index contributed by atoms with van der Waals surface area (Å²) < 4.78 is 11.1. The van der Waals surface area contributed by atoms with Crippen molar-refractivity contribution in [3.8, 4) is 11.5 Å². The number of likely N-dealkylation sites (tertiary alicyclic amines) is 2. The molecule has 0 spiro atoms. The Morgan fingerprint density at radius 1 is 1.09 bits per heavy atom. The van der Waals surface area contributed by atoms with Crippen LogP contribution in [0.1, 0.15) is 59.2 Å². The van der Waals surface area contributed by atoms with Crippen molar-refractivity contribution in [1.82, 2.24) is 19.8 Å². The van der Waals surface area contributed by atoms with Crippen LogP contribution in [-0.2, 0) is 4.79 Å². The van der Waals surface area contributed by atoms with Crippen molar-refractivity contribution in [3.63, 3.8) is 0 Å². The summed E-state index contributed by atoms with van der Waals surface area (Å²) in [5.41, 5.74) is 2.26. The molecule has 0 saturated carbocycles. The van der Waals surface area contributed by atoms with Gasteiger partial charge in [-0.25, -0.2) is 9.97 Å². The van der Waals surface area contributed by atoms with Crippen LogP contribution in [0.3, 0.4) is 0 Å². The summed E-state index contributed by atoms with van der Waals surface area (Å²) in [5.74, 6) is 1.60. The van der Waals surface area contributed by atoms with Gasteiger partial charge in [0, 0.05) is 25.8 Å². The van der Waals surface area contributed by atoms with Gasteiger partial charge in [-0.15, -0.1) is 0 Å². The van der Waals surface area contributed by atoms with Gasteiger partial charge >= 0.3 is 0 Å². The zero-order valence-electron chi connectivity index (χ0n) is 19.0. The molecule has 1 unspecified atom stereocenters. The number of hydrogen-bond donors (Lipinski definition) is 0. The summed E-state index contributed by atoms with van der Waals surface area (Å²) >= 11 is 0. The Morgan fingerprint density at radius 2 is 1.88 bits per heavy atom. The number of rotatable bonds is 6. The fourth-order valence-electron chi connectivity index (χ4n) is 4.40. The van der Waals surface area contributed by atoms with Crippen molar-refractivity contribution in [3.05, 3.63) is 47.0 Å². The molecule has 1 atom stereocenters. The molecule has 2 aliphatic heterocycles. The summed E-state index contributed by atoms with van der Waals surface area (Å²) in [6.45, 7) is 5.93. The first kappa shape index (κ1) is 22.0. The van der Waals surface area contributed by atoms with E-state index < -0.39 is 0 Å². The van der Waals surface area contributed by atoms with Crippen molar-refractivity contribution in [2.24, 2.45) is 0 Å². The van der Waals surface area contributed by atoms with Gasteiger partial charge < -0.3 is 19.3 Å². The zero-order valence-corrected chi connectivity index (χ0v) is 19.0. The second-order valence-electron chi connectivity index (χ2n) is 8.41. The van der Waals surface area contributed by atoms with Crippen LogP contribution in [0.4, 0.5) is 0 Å². The molecular weight excluding hydrogens is 408 g/mol. The fraction of sp³-hybridized carbons (Fsp3) is 0.500. The number of ether oxygens (including phenoxy) is 2. The molecule has 2 amide bonds. The number of aromatic nitrogens is 2. The van der Waals surface area contributed by atoms with Crippen molar-refractivity contribution in [1.29, 1.82) is 0 Å². The first-order valence-electron chi connectivity index (χ1n) is 11.2. The molecule has 2 fully saturated rings. The van der Waals surface area contributed by atoms with Crippen LogP contribution < -0.4 is 9.47 Å². The van der Waals surface area contributed by atoms with E-state index >= 15 is 0 Å². The first-order valence-corrected chi connectivity index (χ1v) is 11.2. The van der Waals surface area contributed by atoms with E-state index in [9.17, 15) is 9.59 Å². The van der Waals surface area contributed by atoms with Crippen LogP contribution in [0.25, 0.3) is 0 Å². The Hall–Kier alpha value is -3.16. The summed E-state index contributed by atoms with van der Waals surface area (Å²) in [5, 5.41) is 0. The predicted octanol–water partition coefficient (Wildman–Crippen LogP) is 3.08. The van der Waals surface area contributed by atoms with Gasteiger partial charge in [-0.1, -0.05) is 6.07 Å². The third-order valence-electron chi connectivity index (χ3n) is 6.16. The molecule has 2 aromatic rings. The van der Waals surface area contributed by atoms with E-state index in [4.69, 9.17) is 9.47 Å². The lowest BCUT2D eigenvalue weighted by Gasteiger charge is -2.24. The average Bonchev–Trinajstić information content (AvgIpc) is 3.50. The number of carbonyl (C=O) groups excluding carboxylic acids is 2. The second-order valence-corrected chi connectivity index (χ2v) is 8.41. The van der Waals surface area contributed by atoms with E-state index in [0.29, 0.717) is 35.1 Å². The highest BCUT2D eigenvalue weighted by molar-refractivity contribution is 5.95. The van der Waals surface area contributed by atoms with E-state index in [-0.39, 0.29) is 24.5 Å². The van der Waals surface area contributed by atoms with Crippen molar-refractivity contribution < 1.29 is 19.1 Å². The molecule has 1 aromatic heterocycles. The number of amides is 2. The van der Waals surface area contributed by atoms with Crippen LogP contribution in [0.2, 0.25) is 0 Å². The molecule has 4 rings (SSSR count). The number of aryl methyl sites for hydroxylation is 2. The smallest absolute Gasteiger partial charge is 0.261 e. The van der Waals surface area contributed by atoms with Crippen LogP contribution >= 0.6 is 0 Å². The highest BCUT2D eigenvalue weighted by Gasteiger charge is 2.33. The number of methoxy groups -OCH3 is 1. The minimum absolute atomic E-state index is 0.00801.